The summed E-state index contributed by atoms with van der Waals surface area (Å²) in [6.45, 7) is 6.05. The summed E-state index contributed by atoms with van der Waals surface area (Å²) in [5, 5.41) is 3.42. The van der Waals surface area contributed by atoms with Gasteiger partial charge in [-0.1, -0.05) is 13.3 Å². The molecule has 0 bridgehead atoms. The molecule has 3 heteroatoms. The van der Waals surface area contributed by atoms with E-state index in [1.807, 2.05) is 13.8 Å². The molecule has 0 spiro atoms. The molecular formula is C13H25NO2. The standard InChI is InChI=1S/C13H25NO2/c1-5-10-6-8-11(9-7-10)14-13(2,3)12(15)16-4/h10-11,14H,5-9H2,1-4H3. The van der Waals surface area contributed by atoms with Crippen LogP contribution in [0.3, 0.4) is 0 Å². The maximum absolute atomic E-state index is 11.5. The minimum absolute atomic E-state index is 0.176. The van der Waals surface area contributed by atoms with Crippen LogP contribution in [0.2, 0.25) is 0 Å². The summed E-state index contributed by atoms with van der Waals surface area (Å²) in [6, 6.07) is 0.469. The van der Waals surface area contributed by atoms with Gasteiger partial charge in [0.25, 0.3) is 0 Å². The van der Waals surface area contributed by atoms with Crippen molar-refractivity contribution >= 4 is 5.97 Å². The molecule has 1 aliphatic rings. The first-order chi connectivity index (χ1) is 7.49. The number of hydrogen-bond acceptors (Lipinski definition) is 3. The highest BCUT2D eigenvalue weighted by Gasteiger charge is 2.32. The summed E-state index contributed by atoms with van der Waals surface area (Å²) in [4.78, 5) is 11.5. The smallest absolute Gasteiger partial charge is 0.325 e. The Morgan fingerprint density at radius 2 is 1.88 bits per heavy atom. The van der Waals surface area contributed by atoms with E-state index in [1.165, 1.54) is 39.2 Å². The van der Waals surface area contributed by atoms with Gasteiger partial charge >= 0.3 is 5.97 Å². The van der Waals surface area contributed by atoms with E-state index in [4.69, 9.17) is 4.74 Å². The molecule has 0 aromatic carbocycles. The van der Waals surface area contributed by atoms with Gasteiger partial charge in [-0.25, -0.2) is 0 Å². The average molecular weight is 227 g/mol. The van der Waals surface area contributed by atoms with Crippen LogP contribution in [0.15, 0.2) is 0 Å². The van der Waals surface area contributed by atoms with Gasteiger partial charge in [-0.3, -0.25) is 10.1 Å². The topological polar surface area (TPSA) is 38.3 Å². The normalized spacial score (nSPS) is 26.5. The summed E-state index contributed by atoms with van der Waals surface area (Å²) in [5.74, 6) is 0.712. The first-order valence-corrected chi connectivity index (χ1v) is 6.35. The molecule has 3 nitrogen and oxygen atoms in total. The largest absolute Gasteiger partial charge is 0.468 e. The predicted octanol–water partition coefficient (Wildman–Crippen LogP) is 2.50. The van der Waals surface area contributed by atoms with E-state index in [9.17, 15) is 4.79 Å². The molecule has 94 valence electrons. The lowest BCUT2D eigenvalue weighted by Crippen LogP contribution is -2.52. The van der Waals surface area contributed by atoms with E-state index in [0.29, 0.717) is 6.04 Å². The van der Waals surface area contributed by atoms with Crippen molar-refractivity contribution in [1.82, 2.24) is 5.32 Å². The summed E-state index contributed by atoms with van der Waals surface area (Å²) in [6.07, 6.45) is 6.21. The predicted molar refractivity (Wildman–Crippen MR) is 65.3 cm³/mol. The molecule has 1 N–H and O–H groups in total. The second kappa shape index (κ2) is 5.67. The molecule has 1 saturated carbocycles. The first-order valence-electron chi connectivity index (χ1n) is 6.35. The van der Waals surface area contributed by atoms with Gasteiger partial charge in [-0.15, -0.1) is 0 Å². The van der Waals surface area contributed by atoms with Gasteiger partial charge in [0, 0.05) is 6.04 Å². The first kappa shape index (κ1) is 13.5. The van der Waals surface area contributed by atoms with Gasteiger partial charge in [0.15, 0.2) is 0 Å². The molecule has 0 radical (unpaired) electrons. The van der Waals surface area contributed by atoms with Crippen molar-refractivity contribution in [3.8, 4) is 0 Å². The number of rotatable bonds is 4. The monoisotopic (exact) mass is 227 g/mol. The molecule has 0 amide bonds. The summed E-state index contributed by atoms with van der Waals surface area (Å²) >= 11 is 0. The van der Waals surface area contributed by atoms with Crippen LogP contribution < -0.4 is 5.32 Å². The Morgan fingerprint density at radius 1 is 1.31 bits per heavy atom. The highest BCUT2D eigenvalue weighted by molar-refractivity contribution is 5.79. The quantitative estimate of drug-likeness (QED) is 0.750. The molecule has 0 aromatic rings. The SMILES string of the molecule is CCC1CCC(NC(C)(C)C(=O)OC)CC1. The molecular weight excluding hydrogens is 202 g/mol. The molecule has 0 aliphatic heterocycles. The van der Waals surface area contributed by atoms with E-state index in [1.54, 1.807) is 0 Å². The maximum Gasteiger partial charge on any atom is 0.325 e. The fraction of sp³-hybridized carbons (Fsp3) is 0.923. The van der Waals surface area contributed by atoms with Crippen LogP contribution in [-0.4, -0.2) is 24.7 Å². The summed E-state index contributed by atoms with van der Waals surface area (Å²) < 4.78 is 4.80. The molecule has 16 heavy (non-hydrogen) atoms. The van der Waals surface area contributed by atoms with E-state index < -0.39 is 5.54 Å². The Morgan fingerprint density at radius 3 is 2.31 bits per heavy atom. The molecule has 1 fully saturated rings. The van der Waals surface area contributed by atoms with E-state index in [-0.39, 0.29) is 5.97 Å². The zero-order chi connectivity index (χ0) is 12.2. The molecule has 0 unspecified atom stereocenters. The van der Waals surface area contributed by atoms with Crippen molar-refractivity contribution in [1.29, 1.82) is 0 Å². The lowest BCUT2D eigenvalue weighted by molar-refractivity contribution is -0.147. The minimum Gasteiger partial charge on any atom is -0.468 e. The Kier molecular flexibility index (Phi) is 4.78. The fourth-order valence-electron chi connectivity index (χ4n) is 2.54. The second-order valence-corrected chi connectivity index (χ2v) is 5.39. The fourth-order valence-corrected chi connectivity index (χ4v) is 2.54. The highest BCUT2D eigenvalue weighted by Crippen LogP contribution is 2.27. The number of ether oxygens (including phenoxy) is 1. The average Bonchev–Trinajstić information content (AvgIpc) is 2.28. The zero-order valence-corrected chi connectivity index (χ0v) is 11.0. The lowest BCUT2D eigenvalue weighted by atomic mass is 9.83. The van der Waals surface area contributed by atoms with E-state index in [0.717, 1.165) is 5.92 Å². The van der Waals surface area contributed by atoms with Crippen LogP contribution >= 0.6 is 0 Å². The lowest BCUT2D eigenvalue weighted by Gasteiger charge is -2.34. The number of carbonyl (C=O) groups excluding carboxylic acids is 1. The second-order valence-electron chi connectivity index (χ2n) is 5.39. The van der Waals surface area contributed by atoms with E-state index >= 15 is 0 Å². The molecule has 0 heterocycles. The van der Waals surface area contributed by atoms with Crippen LogP contribution in [0.5, 0.6) is 0 Å². The van der Waals surface area contributed by atoms with Gasteiger partial charge in [-0.05, 0) is 45.4 Å². The Hall–Kier alpha value is -0.570. The van der Waals surface area contributed by atoms with Crippen molar-refractivity contribution in [3.05, 3.63) is 0 Å². The third-order valence-corrected chi connectivity index (χ3v) is 3.68. The maximum atomic E-state index is 11.5. The van der Waals surface area contributed by atoms with Gasteiger partial charge in [-0.2, -0.15) is 0 Å². The van der Waals surface area contributed by atoms with Crippen LogP contribution in [0.4, 0.5) is 0 Å². The van der Waals surface area contributed by atoms with Gasteiger partial charge in [0.2, 0.25) is 0 Å². The Bertz CT molecular complexity index is 230. The number of methoxy groups -OCH3 is 1. The molecule has 0 aromatic heterocycles. The van der Waals surface area contributed by atoms with Crippen LogP contribution in [-0.2, 0) is 9.53 Å². The molecule has 0 saturated heterocycles. The Labute approximate surface area is 98.9 Å². The third-order valence-electron chi connectivity index (χ3n) is 3.68. The van der Waals surface area contributed by atoms with Crippen molar-refractivity contribution in [2.24, 2.45) is 5.92 Å². The summed E-state index contributed by atoms with van der Waals surface area (Å²) in [7, 11) is 1.44. The van der Waals surface area contributed by atoms with Gasteiger partial charge < -0.3 is 4.74 Å². The number of carbonyl (C=O) groups is 1. The minimum atomic E-state index is -0.557. The molecule has 1 rings (SSSR count). The van der Waals surface area contributed by atoms with Crippen molar-refractivity contribution < 1.29 is 9.53 Å². The molecule has 0 atom stereocenters. The van der Waals surface area contributed by atoms with Crippen molar-refractivity contribution in [2.45, 2.75) is 64.5 Å². The Balaban J connectivity index is 2.41. The van der Waals surface area contributed by atoms with Crippen LogP contribution in [0, 0.1) is 5.92 Å². The zero-order valence-electron chi connectivity index (χ0n) is 11.0. The number of esters is 1. The van der Waals surface area contributed by atoms with Gasteiger partial charge in [0.05, 0.1) is 7.11 Å². The van der Waals surface area contributed by atoms with E-state index in [2.05, 4.69) is 12.2 Å². The van der Waals surface area contributed by atoms with Crippen LogP contribution in [0.25, 0.3) is 0 Å². The van der Waals surface area contributed by atoms with Crippen molar-refractivity contribution in [2.75, 3.05) is 7.11 Å². The summed E-state index contributed by atoms with van der Waals surface area (Å²) in [5.41, 5.74) is -0.557. The highest BCUT2D eigenvalue weighted by atomic mass is 16.5. The van der Waals surface area contributed by atoms with Crippen molar-refractivity contribution in [3.63, 3.8) is 0 Å². The van der Waals surface area contributed by atoms with Crippen LogP contribution in [0.1, 0.15) is 52.9 Å². The number of hydrogen-bond donors (Lipinski definition) is 1. The molecule has 1 aliphatic carbocycles. The third kappa shape index (κ3) is 3.48. The van der Waals surface area contributed by atoms with Gasteiger partial charge in [0.1, 0.15) is 5.54 Å². The number of nitrogens with one attached hydrogen (secondary N) is 1.